The van der Waals surface area contributed by atoms with Crippen LogP contribution in [0.25, 0.3) is 0 Å². The van der Waals surface area contributed by atoms with Crippen LogP contribution in [-0.2, 0) is 14.4 Å². The van der Waals surface area contributed by atoms with Crippen LogP contribution in [0.5, 0.6) is 0 Å². The van der Waals surface area contributed by atoms with Crippen LogP contribution >= 0.6 is 11.8 Å². The van der Waals surface area contributed by atoms with E-state index < -0.39 is 34.2 Å². The lowest BCUT2D eigenvalue weighted by Crippen LogP contribution is -2.62. The molecule has 1 N–H and O–H groups in total. The fourth-order valence-electron chi connectivity index (χ4n) is 8.93. The van der Waals surface area contributed by atoms with Gasteiger partial charge in [-0.25, -0.2) is 0 Å². The number of amides is 3. The van der Waals surface area contributed by atoms with E-state index in [9.17, 15) is 9.90 Å². The Balaban J connectivity index is 1.67. The molecule has 0 aliphatic carbocycles. The highest BCUT2D eigenvalue weighted by Crippen LogP contribution is 2.69. The molecule has 3 heterocycles. The molecule has 3 unspecified atom stereocenters. The number of anilines is 1. The Bertz CT molecular complexity index is 1490. The normalized spacial score (nSPS) is 27.3. The van der Waals surface area contributed by atoms with Gasteiger partial charge in [0.2, 0.25) is 17.7 Å². The third-order valence-electron chi connectivity index (χ3n) is 10.3. The molecule has 3 fully saturated rings. The number of carbonyl (C=O) groups excluding carboxylic acids is 3. The minimum absolute atomic E-state index is 0.00884. The maximum atomic E-state index is 15.4. The van der Waals surface area contributed by atoms with Crippen LogP contribution in [0.4, 0.5) is 5.69 Å². The Labute approximate surface area is 285 Å². The number of nitrogens with zero attached hydrogens (tertiary/aromatic N) is 3. The first-order valence-corrected chi connectivity index (χ1v) is 17.7. The van der Waals surface area contributed by atoms with Crippen molar-refractivity contribution in [3.63, 3.8) is 0 Å². The molecule has 3 aliphatic heterocycles. The highest BCUT2D eigenvalue weighted by Gasteiger charge is 2.77. The van der Waals surface area contributed by atoms with Gasteiger partial charge >= 0.3 is 0 Å². The van der Waals surface area contributed by atoms with Gasteiger partial charge in [0.25, 0.3) is 0 Å². The van der Waals surface area contributed by atoms with Crippen LogP contribution in [0.3, 0.4) is 0 Å². The van der Waals surface area contributed by atoms with E-state index in [2.05, 4.69) is 54.7 Å². The van der Waals surface area contributed by atoms with Crippen molar-refractivity contribution in [1.29, 1.82) is 0 Å². The van der Waals surface area contributed by atoms with Crippen molar-refractivity contribution in [3.05, 3.63) is 91.5 Å². The van der Waals surface area contributed by atoms with Crippen LogP contribution in [-0.4, -0.2) is 73.9 Å². The van der Waals surface area contributed by atoms with Gasteiger partial charge in [-0.05, 0) is 55.7 Å². The van der Waals surface area contributed by atoms with Crippen LogP contribution in [0.15, 0.2) is 86.0 Å². The van der Waals surface area contributed by atoms with E-state index in [1.807, 2.05) is 65.6 Å². The molecule has 0 aromatic heterocycles. The van der Waals surface area contributed by atoms with E-state index in [0.29, 0.717) is 13.1 Å². The van der Waals surface area contributed by atoms with Gasteiger partial charge in [-0.15, -0.1) is 24.9 Å². The Morgan fingerprint density at radius 2 is 1.60 bits per heavy atom. The molecule has 252 valence electrons. The predicted octanol–water partition coefficient (Wildman–Crippen LogP) is 6.51. The number of para-hydroxylation sites is 1. The molecule has 0 radical (unpaired) electrons. The van der Waals surface area contributed by atoms with E-state index in [0.717, 1.165) is 24.1 Å². The number of likely N-dealkylation sites (tertiary alicyclic amines) is 1. The molecule has 7 atom stereocenters. The van der Waals surface area contributed by atoms with Gasteiger partial charge in [-0.1, -0.05) is 88.4 Å². The molecule has 1 spiro atoms. The molecular formula is C39H51N3O4S. The summed E-state index contributed by atoms with van der Waals surface area (Å²) in [7, 11) is 0. The molecule has 47 heavy (non-hydrogen) atoms. The summed E-state index contributed by atoms with van der Waals surface area (Å²) in [5, 5.41) is 10.9. The number of aliphatic hydroxyl groups is 1. The zero-order chi connectivity index (χ0) is 34.3. The van der Waals surface area contributed by atoms with Gasteiger partial charge in [0.15, 0.2) is 0 Å². The molecule has 5 rings (SSSR count). The van der Waals surface area contributed by atoms with E-state index in [1.54, 1.807) is 33.7 Å². The smallest absolute Gasteiger partial charge is 0.247 e. The number of benzene rings is 2. The second-order valence-corrected chi connectivity index (χ2v) is 16.8. The number of aliphatic hydroxyl groups excluding tert-OH is 1. The fraction of sp³-hybridized carbons (Fsp3) is 0.513. The van der Waals surface area contributed by atoms with Crippen molar-refractivity contribution in [2.24, 2.45) is 23.2 Å². The van der Waals surface area contributed by atoms with Crippen molar-refractivity contribution in [3.8, 4) is 0 Å². The highest BCUT2D eigenvalue weighted by atomic mass is 32.2. The number of carbonyl (C=O) groups is 3. The average molecular weight is 658 g/mol. The fourth-order valence-corrected chi connectivity index (χ4v) is 11.3. The van der Waals surface area contributed by atoms with E-state index in [-0.39, 0.29) is 40.9 Å². The largest absolute Gasteiger partial charge is 0.394 e. The number of thioether (sulfide) groups is 1. The van der Waals surface area contributed by atoms with Crippen LogP contribution < -0.4 is 4.90 Å². The first-order valence-electron chi connectivity index (χ1n) is 16.8. The molecular weight excluding hydrogens is 607 g/mol. The van der Waals surface area contributed by atoms with E-state index in [4.69, 9.17) is 0 Å². The number of hydrogen-bond acceptors (Lipinski definition) is 5. The third-order valence-corrected chi connectivity index (χ3v) is 12.4. The molecule has 7 nitrogen and oxygen atoms in total. The van der Waals surface area contributed by atoms with Crippen molar-refractivity contribution in [1.82, 2.24) is 9.80 Å². The van der Waals surface area contributed by atoms with Crippen molar-refractivity contribution in [2.75, 3.05) is 24.6 Å². The molecule has 2 bridgehead atoms. The summed E-state index contributed by atoms with van der Waals surface area (Å²) in [5.74, 6) is -1.84. The summed E-state index contributed by atoms with van der Waals surface area (Å²) >= 11 is 1.66. The maximum absolute atomic E-state index is 15.4. The van der Waals surface area contributed by atoms with Gasteiger partial charge in [0, 0.05) is 29.6 Å². The van der Waals surface area contributed by atoms with Gasteiger partial charge in [0.05, 0.1) is 29.2 Å². The maximum Gasteiger partial charge on any atom is 0.247 e. The van der Waals surface area contributed by atoms with Crippen LogP contribution in [0, 0.1) is 23.2 Å². The second kappa shape index (κ2) is 13.3. The lowest BCUT2D eigenvalue weighted by Gasteiger charge is -2.47. The Kier molecular flexibility index (Phi) is 9.87. The molecule has 3 amide bonds. The van der Waals surface area contributed by atoms with Crippen LogP contribution in [0.1, 0.15) is 66.0 Å². The van der Waals surface area contributed by atoms with Gasteiger partial charge in [-0.3, -0.25) is 14.4 Å². The molecule has 8 heteroatoms. The van der Waals surface area contributed by atoms with Gasteiger partial charge < -0.3 is 19.8 Å². The van der Waals surface area contributed by atoms with Crippen molar-refractivity contribution >= 4 is 35.2 Å². The Hall–Kier alpha value is -3.36. The summed E-state index contributed by atoms with van der Waals surface area (Å²) in [6, 6.07) is 17.3. The SMILES string of the molecule is C=CCN(C(=O)[C@@H]1[C@@H]2CC(C)C3(S2)C(C(=O)N(CC=C)C(C)(C)CC(C)(C)C)N([C@H](CO)c2ccccc2)C(=O)[C@H]13)c1ccccc1. The van der Waals surface area contributed by atoms with Gasteiger partial charge in [-0.2, -0.15) is 0 Å². The molecule has 0 saturated carbocycles. The summed E-state index contributed by atoms with van der Waals surface area (Å²) in [4.78, 5) is 50.4. The molecule has 3 aliphatic rings. The van der Waals surface area contributed by atoms with Crippen LogP contribution in [0.2, 0.25) is 0 Å². The topological polar surface area (TPSA) is 81.2 Å². The first-order chi connectivity index (χ1) is 22.2. The molecule has 2 aromatic rings. The Morgan fingerprint density at radius 1 is 1.00 bits per heavy atom. The third kappa shape index (κ3) is 6.08. The monoisotopic (exact) mass is 657 g/mol. The summed E-state index contributed by atoms with van der Waals surface area (Å²) < 4.78 is -0.838. The standard InChI is InChI=1S/C39H51N3O4S/c1-9-21-40(28-19-15-12-16-20-28)34(44)31-30-23-26(3)39(47-30)32(31)35(45)42(29(24-43)27-17-13-11-14-18-27)33(39)36(46)41(22-10-2)38(7,8)25-37(4,5)6/h9-20,26,29-33,43H,1-2,21-25H2,3-8H3/t26?,29-,30+,31-,32+,33?,39?/m1/s1. The summed E-state index contributed by atoms with van der Waals surface area (Å²) in [5.41, 5.74) is 0.891. The second-order valence-electron chi connectivity index (χ2n) is 15.3. The number of hydrogen-bond donors (Lipinski definition) is 1. The minimum atomic E-state index is -0.871. The average Bonchev–Trinajstić information content (AvgIpc) is 3.62. The first kappa shape index (κ1) is 35.0. The van der Waals surface area contributed by atoms with Gasteiger partial charge in [0.1, 0.15) is 6.04 Å². The summed E-state index contributed by atoms with van der Waals surface area (Å²) in [6.45, 7) is 21.0. The van der Waals surface area contributed by atoms with E-state index in [1.165, 1.54) is 0 Å². The van der Waals surface area contributed by atoms with Crippen molar-refractivity contribution in [2.45, 2.75) is 82.0 Å². The zero-order valence-corrected chi connectivity index (χ0v) is 29.6. The quantitative estimate of drug-likeness (QED) is 0.264. The number of fused-ring (bicyclic) bond motifs is 1. The highest BCUT2D eigenvalue weighted by molar-refractivity contribution is 8.02. The lowest BCUT2D eigenvalue weighted by molar-refractivity contribution is -0.149. The van der Waals surface area contributed by atoms with E-state index >= 15 is 9.59 Å². The minimum Gasteiger partial charge on any atom is -0.394 e. The zero-order valence-electron chi connectivity index (χ0n) is 28.8. The summed E-state index contributed by atoms with van der Waals surface area (Å²) in [6.07, 6.45) is 4.92. The lowest BCUT2D eigenvalue weighted by atomic mass is 9.65. The predicted molar refractivity (Wildman–Crippen MR) is 191 cm³/mol. The number of rotatable bonds is 12. The molecule has 3 saturated heterocycles. The molecule has 2 aromatic carbocycles. The Morgan fingerprint density at radius 3 is 2.15 bits per heavy atom. The van der Waals surface area contributed by atoms with Crippen molar-refractivity contribution < 1.29 is 19.5 Å².